The number of aromatic nitrogens is 1. The summed E-state index contributed by atoms with van der Waals surface area (Å²) in [7, 11) is 3.40. The van der Waals surface area contributed by atoms with Crippen molar-refractivity contribution in [3.8, 4) is 0 Å². The number of halogens is 1. The molecular formula is C15H16ClN3O. The first-order chi connectivity index (χ1) is 9.58. The third-order valence-corrected chi connectivity index (χ3v) is 3.19. The van der Waals surface area contributed by atoms with Gasteiger partial charge in [-0.25, -0.2) is 0 Å². The van der Waals surface area contributed by atoms with Crippen molar-refractivity contribution in [2.45, 2.75) is 6.54 Å². The monoisotopic (exact) mass is 289 g/mol. The van der Waals surface area contributed by atoms with Crippen LogP contribution in [0.15, 0.2) is 42.6 Å². The van der Waals surface area contributed by atoms with Crippen molar-refractivity contribution in [1.29, 1.82) is 0 Å². The molecule has 2 aromatic rings. The zero-order chi connectivity index (χ0) is 14.5. The van der Waals surface area contributed by atoms with E-state index in [-0.39, 0.29) is 5.91 Å². The fraction of sp³-hybridized carbons (Fsp3) is 0.200. The van der Waals surface area contributed by atoms with E-state index in [4.69, 9.17) is 11.6 Å². The summed E-state index contributed by atoms with van der Waals surface area (Å²) in [6.45, 7) is 0.597. The minimum Gasteiger partial charge on any atom is -0.381 e. The predicted octanol–water partition coefficient (Wildman–Crippen LogP) is 3.05. The molecule has 5 heteroatoms. The molecular weight excluding hydrogens is 274 g/mol. The van der Waals surface area contributed by atoms with Crippen molar-refractivity contribution < 1.29 is 4.79 Å². The van der Waals surface area contributed by atoms with E-state index in [1.54, 1.807) is 26.4 Å². The number of carbonyl (C=O) groups is 1. The first-order valence-electron chi connectivity index (χ1n) is 6.23. The average Bonchev–Trinajstić information content (AvgIpc) is 2.46. The summed E-state index contributed by atoms with van der Waals surface area (Å²) < 4.78 is 0. The zero-order valence-electron chi connectivity index (χ0n) is 11.4. The molecule has 0 bridgehead atoms. The van der Waals surface area contributed by atoms with E-state index in [1.807, 2.05) is 30.3 Å². The molecule has 1 heterocycles. The lowest BCUT2D eigenvalue weighted by Gasteiger charge is -2.11. The van der Waals surface area contributed by atoms with Crippen molar-refractivity contribution in [2.24, 2.45) is 0 Å². The summed E-state index contributed by atoms with van der Waals surface area (Å²) in [6, 6.07) is 11.2. The third-order valence-electron chi connectivity index (χ3n) is 2.83. The van der Waals surface area contributed by atoms with Crippen molar-refractivity contribution in [3.63, 3.8) is 0 Å². The van der Waals surface area contributed by atoms with Gasteiger partial charge in [-0.3, -0.25) is 9.78 Å². The second-order valence-corrected chi connectivity index (χ2v) is 4.98. The lowest BCUT2D eigenvalue weighted by Crippen LogP contribution is -2.22. The van der Waals surface area contributed by atoms with Crippen LogP contribution in [0.5, 0.6) is 0 Å². The Labute approximate surface area is 123 Å². The number of pyridine rings is 1. The van der Waals surface area contributed by atoms with Gasteiger partial charge in [0, 0.05) is 37.5 Å². The van der Waals surface area contributed by atoms with E-state index in [1.165, 1.54) is 4.90 Å². The summed E-state index contributed by atoms with van der Waals surface area (Å²) in [5.41, 5.74) is 2.26. The van der Waals surface area contributed by atoms with E-state index >= 15 is 0 Å². The van der Waals surface area contributed by atoms with Crippen LogP contribution in [-0.2, 0) is 6.54 Å². The van der Waals surface area contributed by atoms with Crippen LogP contribution in [-0.4, -0.2) is 29.9 Å². The van der Waals surface area contributed by atoms with Gasteiger partial charge >= 0.3 is 0 Å². The Bertz CT molecular complexity index is 614. The summed E-state index contributed by atoms with van der Waals surface area (Å²) in [5, 5.41) is 3.96. The number of benzene rings is 1. The molecule has 2 rings (SSSR count). The van der Waals surface area contributed by atoms with Crippen LogP contribution in [0.3, 0.4) is 0 Å². The Morgan fingerprint density at radius 1 is 1.30 bits per heavy atom. The maximum Gasteiger partial charge on any atom is 0.272 e. The summed E-state index contributed by atoms with van der Waals surface area (Å²) in [4.78, 5) is 17.4. The van der Waals surface area contributed by atoms with Gasteiger partial charge < -0.3 is 10.2 Å². The van der Waals surface area contributed by atoms with Crippen molar-refractivity contribution in [3.05, 3.63) is 58.9 Å². The number of nitrogens with zero attached hydrogens (tertiary/aromatic N) is 2. The maximum absolute atomic E-state index is 11.8. The molecule has 0 fully saturated rings. The summed E-state index contributed by atoms with van der Waals surface area (Å²) in [6.07, 6.45) is 1.62. The van der Waals surface area contributed by atoms with Crippen LogP contribution < -0.4 is 5.32 Å². The number of hydrogen-bond acceptors (Lipinski definition) is 3. The van der Waals surface area contributed by atoms with Crippen LogP contribution in [0, 0.1) is 0 Å². The molecule has 0 aliphatic heterocycles. The average molecular weight is 290 g/mol. The number of amides is 1. The Morgan fingerprint density at radius 2 is 2.05 bits per heavy atom. The number of carbonyl (C=O) groups excluding carboxylic acids is 1. The fourth-order valence-corrected chi connectivity index (χ4v) is 1.93. The quantitative estimate of drug-likeness (QED) is 0.941. The SMILES string of the molecule is CN(C)C(=O)c1cc(NCc2ccccc2Cl)ccn1. The second kappa shape index (κ2) is 6.39. The van der Waals surface area contributed by atoms with Crippen molar-refractivity contribution in [1.82, 2.24) is 9.88 Å². The van der Waals surface area contributed by atoms with Gasteiger partial charge in [0.05, 0.1) is 0 Å². The van der Waals surface area contributed by atoms with Crippen LogP contribution in [0.2, 0.25) is 5.02 Å². The molecule has 0 saturated carbocycles. The highest BCUT2D eigenvalue weighted by Crippen LogP contribution is 2.17. The predicted molar refractivity (Wildman–Crippen MR) is 81.0 cm³/mol. The molecule has 0 aliphatic carbocycles. The minimum atomic E-state index is -0.119. The highest BCUT2D eigenvalue weighted by atomic mass is 35.5. The summed E-state index contributed by atoms with van der Waals surface area (Å²) in [5.74, 6) is -0.119. The van der Waals surface area contributed by atoms with Gasteiger partial charge in [-0.15, -0.1) is 0 Å². The third kappa shape index (κ3) is 3.48. The molecule has 104 valence electrons. The number of rotatable bonds is 4. The molecule has 0 aliphatic rings. The van der Waals surface area contributed by atoms with E-state index < -0.39 is 0 Å². The lowest BCUT2D eigenvalue weighted by atomic mass is 10.2. The Morgan fingerprint density at radius 3 is 2.75 bits per heavy atom. The van der Waals surface area contributed by atoms with Crippen LogP contribution in [0.4, 0.5) is 5.69 Å². The number of anilines is 1. The highest BCUT2D eigenvalue weighted by Gasteiger charge is 2.09. The van der Waals surface area contributed by atoms with Gasteiger partial charge in [-0.05, 0) is 23.8 Å². The standard InChI is InChI=1S/C15H16ClN3O/c1-19(2)15(20)14-9-12(7-8-17-14)18-10-11-5-3-4-6-13(11)16/h3-9H,10H2,1-2H3,(H,17,18). The number of nitrogens with one attached hydrogen (secondary N) is 1. The van der Waals surface area contributed by atoms with Crippen LogP contribution in [0.25, 0.3) is 0 Å². The lowest BCUT2D eigenvalue weighted by molar-refractivity contribution is 0.0822. The molecule has 4 nitrogen and oxygen atoms in total. The van der Waals surface area contributed by atoms with Crippen LogP contribution >= 0.6 is 11.6 Å². The Balaban J connectivity index is 2.09. The molecule has 1 N–H and O–H groups in total. The zero-order valence-corrected chi connectivity index (χ0v) is 12.2. The molecule has 0 saturated heterocycles. The molecule has 1 aromatic heterocycles. The topological polar surface area (TPSA) is 45.2 Å². The van der Waals surface area contributed by atoms with Gasteiger partial charge in [-0.1, -0.05) is 29.8 Å². The Hall–Kier alpha value is -2.07. The smallest absolute Gasteiger partial charge is 0.272 e. The van der Waals surface area contributed by atoms with Gasteiger partial charge in [-0.2, -0.15) is 0 Å². The van der Waals surface area contributed by atoms with Crippen LogP contribution in [0.1, 0.15) is 16.1 Å². The van der Waals surface area contributed by atoms with Gasteiger partial charge in [0.1, 0.15) is 5.69 Å². The highest BCUT2D eigenvalue weighted by molar-refractivity contribution is 6.31. The number of hydrogen-bond donors (Lipinski definition) is 1. The van der Waals surface area contributed by atoms with E-state index in [0.29, 0.717) is 12.2 Å². The summed E-state index contributed by atoms with van der Waals surface area (Å²) >= 11 is 6.10. The normalized spacial score (nSPS) is 10.2. The molecule has 0 radical (unpaired) electrons. The van der Waals surface area contributed by atoms with E-state index in [9.17, 15) is 4.79 Å². The van der Waals surface area contributed by atoms with E-state index in [0.717, 1.165) is 16.3 Å². The molecule has 1 amide bonds. The van der Waals surface area contributed by atoms with Crippen molar-refractivity contribution >= 4 is 23.2 Å². The molecule has 0 spiro atoms. The Kier molecular flexibility index (Phi) is 4.58. The first-order valence-corrected chi connectivity index (χ1v) is 6.60. The fourth-order valence-electron chi connectivity index (χ4n) is 1.73. The van der Waals surface area contributed by atoms with Crippen molar-refractivity contribution in [2.75, 3.05) is 19.4 Å². The molecule has 0 atom stereocenters. The maximum atomic E-state index is 11.8. The first kappa shape index (κ1) is 14.3. The minimum absolute atomic E-state index is 0.119. The van der Waals surface area contributed by atoms with Gasteiger partial charge in [0.2, 0.25) is 0 Å². The van der Waals surface area contributed by atoms with E-state index in [2.05, 4.69) is 10.3 Å². The van der Waals surface area contributed by atoms with Gasteiger partial charge in [0.25, 0.3) is 5.91 Å². The molecule has 20 heavy (non-hydrogen) atoms. The largest absolute Gasteiger partial charge is 0.381 e. The molecule has 0 unspecified atom stereocenters. The van der Waals surface area contributed by atoms with Gasteiger partial charge in [0.15, 0.2) is 0 Å². The second-order valence-electron chi connectivity index (χ2n) is 4.57. The molecule has 1 aromatic carbocycles.